The molecule has 1 amide bonds. The maximum atomic E-state index is 12.4. The number of fused-ring (bicyclic) bond motifs is 1. The molecule has 2 aliphatic rings. The highest BCUT2D eigenvalue weighted by atomic mass is 32.2. The van der Waals surface area contributed by atoms with Crippen LogP contribution < -0.4 is 5.32 Å². The molecule has 1 atom stereocenters. The van der Waals surface area contributed by atoms with Gasteiger partial charge in [0.15, 0.2) is 0 Å². The van der Waals surface area contributed by atoms with Gasteiger partial charge in [-0.1, -0.05) is 12.1 Å². The van der Waals surface area contributed by atoms with E-state index in [0.29, 0.717) is 17.0 Å². The van der Waals surface area contributed by atoms with Gasteiger partial charge in [0.05, 0.1) is 29.0 Å². The molecule has 25 heavy (non-hydrogen) atoms. The fourth-order valence-electron chi connectivity index (χ4n) is 2.54. The molecule has 3 rings (SSSR count). The number of hydrogen-bond acceptors (Lipinski definition) is 5. The smallest absolute Gasteiger partial charge is 0.256 e. The second-order valence-electron chi connectivity index (χ2n) is 5.78. The first-order chi connectivity index (χ1) is 11.9. The third kappa shape index (κ3) is 3.78. The standard InChI is InChI=1S/C17H16N4O3S/c1-12(14-4-2-13(10-18)3-5-14)19-17(22)15-6-7-16-20-25(23,24)9-8-21(16)11-15/h2-7,11-12H,8-9H2,1H3,(H,19,22). The molecule has 0 bridgehead atoms. The number of sulfonamides is 1. The highest BCUT2D eigenvalue weighted by Crippen LogP contribution is 2.18. The van der Waals surface area contributed by atoms with Crippen LogP contribution in [-0.4, -0.2) is 37.4 Å². The average Bonchev–Trinajstić information content (AvgIpc) is 2.60. The van der Waals surface area contributed by atoms with Crippen molar-refractivity contribution < 1.29 is 13.2 Å². The van der Waals surface area contributed by atoms with Gasteiger partial charge < -0.3 is 10.2 Å². The van der Waals surface area contributed by atoms with Crippen molar-refractivity contribution in [1.82, 2.24) is 10.2 Å². The van der Waals surface area contributed by atoms with E-state index in [-0.39, 0.29) is 24.2 Å². The van der Waals surface area contributed by atoms with Gasteiger partial charge in [-0.25, -0.2) is 8.42 Å². The van der Waals surface area contributed by atoms with Gasteiger partial charge in [0, 0.05) is 12.7 Å². The van der Waals surface area contributed by atoms with E-state index in [1.807, 2.05) is 6.92 Å². The molecule has 8 heteroatoms. The molecule has 0 spiro atoms. The van der Waals surface area contributed by atoms with Crippen molar-refractivity contribution in [2.45, 2.75) is 13.0 Å². The molecule has 1 unspecified atom stereocenters. The first-order valence-corrected chi connectivity index (χ1v) is 9.29. The molecule has 128 valence electrons. The Morgan fingerprint density at radius 3 is 2.72 bits per heavy atom. The SMILES string of the molecule is CC(NC(=O)C1=CN2CCS(=O)(=O)N=C2C=C1)c1ccc(C#N)cc1. The van der Waals surface area contributed by atoms with Crippen LogP contribution in [0, 0.1) is 11.3 Å². The number of rotatable bonds is 3. The summed E-state index contributed by atoms with van der Waals surface area (Å²) in [6.45, 7) is 2.13. The van der Waals surface area contributed by atoms with Gasteiger partial charge in [-0.3, -0.25) is 4.79 Å². The molecule has 2 heterocycles. The van der Waals surface area contributed by atoms with E-state index < -0.39 is 10.0 Å². The summed E-state index contributed by atoms with van der Waals surface area (Å²) in [5, 5.41) is 11.7. The van der Waals surface area contributed by atoms with Gasteiger partial charge in [0.1, 0.15) is 5.84 Å². The molecule has 0 fully saturated rings. The summed E-state index contributed by atoms with van der Waals surface area (Å²) in [5.74, 6) is -0.0132. The summed E-state index contributed by atoms with van der Waals surface area (Å²) in [6.07, 6.45) is 4.68. The number of amidine groups is 1. The largest absolute Gasteiger partial charge is 0.345 e. The van der Waals surface area contributed by atoms with Gasteiger partial charge >= 0.3 is 0 Å². The van der Waals surface area contributed by atoms with Crippen molar-refractivity contribution >= 4 is 21.8 Å². The number of nitriles is 1. The molecule has 0 aliphatic carbocycles. The van der Waals surface area contributed by atoms with Gasteiger partial charge in [-0.2, -0.15) is 5.26 Å². The zero-order valence-electron chi connectivity index (χ0n) is 13.5. The van der Waals surface area contributed by atoms with Crippen LogP contribution in [0.15, 0.2) is 52.6 Å². The van der Waals surface area contributed by atoms with Crippen LogP contribution in [0.2, 0.25) is 0 Å². The highest BCUT2D eigenvalue weighted by Gasteiger charge is 2.25. The number of carbonyl (C=O) groups excluding carboxylic acids is 1. The molecule has 1 N–H and O–H groups in total. The maximum Gasteiger partial charge on any atom is 0.256 e. The maximum absolute atomic E-state index is 12.4. The first kappa shape index (κ1) is 16.9. The predicted octanol–water partition coefficient (Wildman–Crippen LogP) is 1.23. The normalized spacial score (nSPS) is 19.1. The summed E-state index contributed by atoms with van der Waals surface area (Å²) < 4.78 is 26.7. The lowest BCUT2D eigenvalue weighted by Gasteiger charge is -2.27. The van der Waals surface area contributed by atoms with Gasteiger partial charge in [0.2, 0.25) is 0 Å². The number of amides is 1. The lowest BCUT2D eigenvalue weighted by atomic mass is 10.1. The van der Waals surface area contributed by atoms with E-state index in [1.165, 1.54) is 6.08 Å². The van der Waals surface area contributed by atoms with Gasteiger partial charge in [-0.05, 0) is 36.8 Å². The highest BCUT2D eigenvalue weighted by molar-refractivity contribution is 7.90. The first-order valence-electron chi connectivity index (χ1n) is 7.68. The minimum atomic E-state index is -3.41. The average molecular weight is 356 g/mol. The Hall–Kier alpha value is -2.92. The molecule has 1 aromatic carbocycles. The van der Waals surface area contributed by atoms with Crippen LogP contribution in [0.4, 0.5) is 0 Å². The van der Waals surface area contributed by atoms with E-state index in [9.17, 15) is 13.2 Å². The lowest BCUT2D eigenvalue weighted by molar-refractivity contribution is -0.117. The Morgan fingerprint density at radius 2 is 2.04 bits per heavy atom. The predicted molar refractivity (Wildman–Crippen MR) is 92.9 cm³/mol. The number of benzene rings is 1. The van der Waals surface area contributed by atoms with E-state index in [0.717, 1.165) is 5.56 Å². The fraction of sp³-hybridized carbons (Fsp3) is 0.235. The van der Waals surface area contributed by atoms with Crippen molar-refractivity contribution in [1.29, 1.82) is 5.26 Å². The topological polar surface area (TPSA) is 103 Å². The van der Waals surface area contributed by atoms with E-state index in [1.54, 1.807) is 41.4 Å². The number of hydrogen-bond donors (Lipinski definition) is 1. The number of nitrogens with one attached hydrogen (secondary N) is 1. The minimum Gasteiger partial charge on any atom is -0.345 e. The van der Waals surface area contributed by atoms with Crippen molar-refractivity contribution in [2.24, 2.45) is 4.40 Å². The molecule has 2 aliphatic heterocycles. The van der Waals surface area contributed by atoms with Gasteiger partial charge in [0.25, 0.3) is 15.9 Å². The Kier molecular flexibility index (Phi) is 4.42. The number of carbonyl (C=O) groups is 1. The van der Waals surface area contributed by atoms with E-state index >= 15 is 0 Å². The molecule has 1 aromatic rings. The van der Waals surface area contributed by atoms with Crippen molar-refractivity contribution in [3.8, 4) is 6.07 Å². The minimum absolute atomic E-state index is 0.0720. The molecule has 0 saturated carbocycles. The summed E-state index contributed by atoms with van der Waals surface area (Å²) in [7, 11) is -3.41. The summed E-state index contributed by atoms with van der Waals surface area (Å²) in [5.41, 5.74) is 1.88. The molecular formula is C17H16N4O3S. The van der Waals surface area contributed by atoms with Gasteiger partial charge in [-0.15, -0.1) is 4.40 Å². The zero-order valence-corrected chi connectivity index (χ0v) is 14.3. The van der Waals surface area contributed by atoms with Crippen LogP contribution in [0.1, 0.15) is 24.1 Å². The third-order valence-corrected chi connectivity index (χ3v) is 5.14. The second-order valence-corrected chi connectivity index (χ2v) is 7.53. The summed E-state index contributed by atoms with van der Waals surface area (Å²) in [4.78, 5) is 14.1. The van der Waals surface area contributed by atoms with Crippen molar-refractivity contribution in [3.05, 3.63) is 59.3 Å². The molecule has 0 saturated heterocycles. The molecule has 0 radical (unpaired) electrons. The summed E-state index contributed by atoms with van der Waals surface area (Å²) >= 11 is 0. The van der Waals surface area contributed by atoms with Crippen molar-refractivity contribution in [3.63, 3.8) is 0 Å². The fourth-order valence-corrected chi connectivity index (χ4v) is 3.51. The zero-order chi connectivity index (χ0) is 18.0. The Labute approximate surface area is 146 Å². The van der Waals surface area contributed by atoms with E-state index in [4.69, 9.17) is 5.26 Å². The quantitative estimate of drug-likeness (QED) is 0.877. The Morgan fingerprint density at radius 1 is 1.32 bits per heavy atom. The Bertz CT molecular complexity index is 937. The molecular weight excluding hydrogens is 340 g/mol. The Balaban J connectivity index is 1.71. The van der Waals surface area contributed by atoms with Crippen LogP contribution >= 0.6 is 0 Å². The number of nitrogens with zero attached hydrogens (tertiary/aromatic N) is 3. The summed E-state index contributed by atoms with van der Waals surface area (Å²) in [6, 6.07) is 8.83. The molecule has 7 nitrogen and oxygen atoms in total. The van der Waals surface area contributed by atoms with Crippen LogP contribution in [0.25, 0.3) is 0 Å². The van der Waals surface area contributed by atoms with Crippen molar-refractivity contribution in [2.75, 3.05) is 12.3 Å². The van der Waals surface area contributed by atoms with Crippen LogP contribution in [0.5, 0.6) is 0 Å². The lowest BCUT2D eigenvalue weighted by Crippen LogP contribution is -2.38. The third-order valence-electron chi connectivity index (χ3n) is 3.97. The second kappa shape index (κ2) is 6.53. The van der Waals surface area contributed by atoms with Crippen LogP contribution in [-0.2, 0) is 14.8 Å². The molecule has 0 aromatic heterocycles. The van der Waals surface area contributed by atoms with Crippen LogP contribution in [0.3, 0.4) is 0 Å². The van der Waals surface area contributed by atoms with E-state index in [2.05, 4.69) is 15.8 Å². The monoisotopic (exact) mass is 356 g/mol.